The number of rotatable bonds is 7. The zero-order valence-corrected chi connectivity index (χ0v) is 19.7. The average Bonchev–Trinajstić information content (AvgIpc) is 2.87. The summed E-state index contributed by atoms with van der Waals surface area (Å²) in [4.78, 5) is 37.3. The summed E-state index contributed by atoms with van der Waals surface area (Å²) in [7, 11) is 2.93. The van der Waals surface area contributed by atoms with E-state index in [-0.39, 0.29) is 5.75 Å². The Morgan fingerprint density at radius 1 is 0.800 bits per heavy atom. The van der Waals surface area contributed by atoms with Gasteiger partial charge in [0, 0.05) is 11.6 Å². The van der Waals surface area contributed by atoms with Crippen LogP contribution in [0.15, 0.2) is 71.8 Å². The highest BCUT2D eigenvalue weighted by atomic mass is 16.5. The predicted octanol–water partition coefficient (Wildman–Crippen LogP) is 3.71. The molecule has 0 spiro atoms. The van der Waals surface area contributed by atoms with Crippen molar-refractivity contribution in [2.24, 2.45) is 5.10 Å². The Kier molecular flexibility index (Phi) is 8.18. The monoisotopic (exact) mass is 475 g/mol. The van der Waals surface area contributed by atoms with Crippen LogP contribution in [0.2, 0.25) is 0 Å². The first-order valence-corrected chi connectivity index (χ1v) is 10.6. The van der Waals surface area contributed by atoms with Gasteiger partial charge >= 0.3 is 17.8 Å². The minimum absolute atomic E-state index is 0.267. The second-order valence-electron chi connectivity index (χ2n) is 7.36. The molecule has 0 saturated heterocycles. The number of carbonyl (C=O) groups excluding carboxylic acids is 3. The van der Waals surface area contributed by atoms with E-state index < -0.39 is 17.8 Å². The van der Waals surface area contributed by atoms with Crippen LogP contribution in [0.3, 0.4) is 0 Å². The van der Waals surface area contributed by atoms with Gasteiger partial charge in [-0.05, 0) is 49.7 Å². The van der Waals surface area contributed by atoms with E-state index in [1.165, 1.54) is 14.2 Å². The van der Waals surface area contributed by atoms with Crippen LogP contribution in [0.25, 0.3) is 0 Å². The Bertz CT molecular complexity index is 1290. The van der Waals surface area contributed by atoms with Crippen molar-refractivity contribution in [2.75, 3.05) is 19.5 Å². The molecule has 9 nitrogen and oxygen atoms in total. The normalized spacial score (nSPS) is 10.8. The van der Waals surface area contributed by atoms with E-state index in [0.717, 1.165) is 5.56 Å². The van der Waals surface area contributed by atoms with Crippen molar-refractivity contribution in [2.45, 2.75) is 13.8 Å². The fourth-order valence-corrected chi connectivity index (χ4v) is 3.14. The number of hydrogen-bond donors (Lipinski definition) is 2. The van der Waals surface area contributed by atoms with Crippen LogP contribution in [0.5, 0.6) is 17.2 Å². The summed E-state index contributed by atoms with van der Waals surface area (Å²) in [6, 6.07) is 18.6. The van der Waals surface area contributed by atoms with Crippen molar-refractivity contribution < 1.29 is 28.6 Å². The van der Waals surface area contributed by atoms with Gasteiger partial charge in [0.25, 0.3) is 0 Å². The minimum Gasteiger partial charge on any atom is -0.497 e. The summed E-state index contributed by atoms with van der Waals surface area (Å²) in [5, 5.41) is 6.47. The van der Waals surface area contributed by atoms with Crippen LogP contribution in [-0.4, -0.2) is 37.7 Å². The number of benzene rings is 3. The number of anilines is 1. The second-order valence-corrected chi connectivity index (χ2v) is 7.36. The number of nitrogens with one attached hydrogen (secondary N) is 2. The van der Waals surface area contributed by atoms with Gasteiger partial charge in [0.15, 0.2) is 0 Å². The van der Waals surface area contributed by atoms with Crippen LogP contribution in [0.4, 0.5) is 5.69 Å². The van der Waals surface area contributed by atoms with Gasteiger partial charge in [0.1, 0.15) is 17.2 Å². The van der Waals surface area contributed by atoms with Crippen LogP contribution in [0.1, 0.15) is 28.4 Å². The Hall–Kier alpha value is -4.66. The average molecular weight is 476 g/mol. The van der Waals surface area contributed by atoms with Gasteiger partial charge < -0.3 is 19.5 Å². The van der Waals surface area contributed by atoms with Crippen molar-refractivity contribution in [1.29, 1.82) is 0 Å². The molecule has 180 valence electrons. The van der Waals surface area contributed by atoms with Gasteiger partial charge in [-0.2, -0.15) is 5.10 Å². The molecule has 0 saturated carbocycles. The van der Waals surface area contributed by atoms with Crippen molar-refractivity contribution >= 4 is 29.2 Å². The highest BCUT2D eigenvalue weighted by Crippen LogP contribution is 2.29. The second kappa shape index (κ2) is 11.5. The highest BCUT2D eigenvalue weighted by Gasteiger charge is 2.18. The summed E-state index contributed by atoms with van der Waals surface area (Å²) < 4.78 is 15.9. The molecule has 0 fully saturated rings. The van der Waals surface area contributed by atoms with Crippen LogP contribution in [0, 0.1) is 6.92 Å². The van der Waals surface area contributed by atoms with Gasteiger partial charge in [0.05, 0.1) is 31.2 Å². The molecule has 0 bridgehead atoms. The maximum atomic E-state index is 12.6. The van der Waals surface area contributed by atoms with Crippen molar-refractivity contribution in [3.8, 4) is 17.2 Å². The smallest absolute Gasteiger partial charge is 0.343 e. The Morgan fingerprint density at radius 2 is 1.49 bits per heavy atom. The molecule has 0 aliphatic heterocycles. The Balaban J connectivity index is 1.70. The minimum atomic E-state index is -0.989. The first kappa shape index (κ1) is 25.0. The summed E-state index contributed by atoms with van der Waals surface area (Å²) in [5.41, 5.74) is 4.55. The van der Waals surface area contributed by atoms with E-state index >= 15 is 0 Å². The molecule has 3 aromatic rings. The molecule has 2 N–H and O–H groups in total. The third kappa shape index (κ3) is 6.23. The van der Waals surface area contributed by atoms with E-state index in [9.17, 15) is 14.4 Å². The SMILES string of the molecule is COc1ccc(NC(=O)C(=O)N/N=C(\C)c2ccccc2OC(=O)c2ccccc2C)c(OC)c1. The van der Waals surface area contributed by atoms with Crippen molar-refractivity contribution in [3.05, 3.63) is 83.4 Å². The zero-order valence-electron chi connectivity index (χ0n) is 19.7. The first-order valence-electron chi connectivity index (χ1n) is 10.6. The fourth-order valence-electron chi connectivity index (χ4n) is 3.14. The number of para-hydroxylation sites is 1. The van der Waals surface area contributed by atoms with Gasteiger partial charge in [-0.25, -0.2) is 10.2 Å². The third-order valence-electron chi connectivity index (χ3n) is 5.03. The molecule has 0 aliphatic rings. The van der Waals surface area contributed by atoms with Gasteiger partial charge in [-0.3, -0.25) is 9.59 Å². The lowest BCUT2D eigenvalue weighted by molar-refractivity contribution is -0.136. The lowest BCUT2D eigenvalue weighted by Crippen LogP contribution is -2.33. The predicted molar refractivity (Wildman–Crippen MR) is 131 cm³/mol. The molecule has 0 atom stereocenters. The van der Waals surface area contributed by atoms with E-state index in [0.29, 0.717) is 34.0 Å². The number of aryl methyl sites for hydroxylation is 1. The maximum absolute atomic E-state index is 12.6. The summed E-state index contributed by atoms with van der Waals surface area (Å²) in [5.74, 6) is -1.31. The van der Waals surface area contributed by atoms with E-state index in [4.69, 9.17) is 14.2 Å². The zero-order chi connectivity index (χ0) is 25.4. The van der Waals surface area contributed by atoms with Gasteiger partial charge in [-0.1, -0.05) is 30.3 Å². The van der Waals surface area contributed by atoms with E-state index in [1.807, 2.05) is 19.1 Å². The number of ether oxygens (including phenoxy) is 3. The maximum Gasteiger partial charge on any atom is 0.343 e. The van der Waals surface area contributed by atoms with Crippen molar-refractivity contribution in [1.82, 2.24) is 5.43 Å². The lowest BCUT2D eigenvalue weighted by atomic mass is 10.1. The largest absolute Gasteiger partial charge is 0.497 e. The molecule has 0 radical (unpaired) electrons. The molecule has 0 unspecified atom stereocenters. The topological polar surface area (TPSA) is 115 Å². The van der Waals surface area contributed by atoms with Crippen molar-refractivity contribution in [3.63, 3.8) is 0 Å². The molecule has 0 aromatic heterocycles. The van der Waals surface area contributed by atoms with Gasteiger partial charge in [0.2, 0.25) is 0 Å². The number of hydrogen-bond acceptors (Lipinski definition) is 7. The first-order chi connectivity index (χ1) is 16.8. The molecule has 9 heteroatoms. The van der Waals surface area contributed by atoms with E-state index in [2.05, 4.69) is 15.8 Å². The molecule has 3 aromatic carbocycles. The lowest BCUT2D eigenvalue weighted by Gasteiger charge is -2.12. The number of nitrogens with zero attached hydrogens (tertiary/aromatic N) is 1. The van der Waals surface area contributed by atoms with Crippen LogP contribution >= 0.6 is 0 Å². The third-order valence-corrected chi connectivity index (χ3v) is 5.03. The molecule has 0 heterocycles. The molecule has 35 heavy (non-hydrogen) atoms. The number of amides is 2. The molecule has 3 rings (SSSR count). The summed E-state index contributed by atoms with van der Waals surface area (Å²) in [6.45, 7) is 3.43. The number of hydrazone groups is 1. The fraction of sp³-hybridized carbons (Fsp3) is 0.154. The van der Waals surface area contributed by atoms with E-state index in [1.54, 1.807) is 61.5 Å². The Labute approximate surface area is 202 Å². The number of methoxy groups -OCH3 is 2. The Morgan fingerprint density at radius 3 is 2.17 bits per heavy atom. The number of carbonyl (C=O) groups is 3. The number of esters is 1. The summed E-state index contributed by atoms with van der Waals surface area (Å²) in [6.07, 6.45) is 0. The molecular weight excluding hydrogens is 450 g/mol. The standard InChI is InChI=1S/C26H25N3O6/c1-16-9-5-6-10-19(16)26(32)35-22-12-8-7-11-20(22)17(2)28-29-25(31)24(30)27-21-14-13-18(33-3)15-23(21)34-4/h5-15H,1-4H3,(H,27,30)(H,29,31)/b28-17+. The molecular formula is C26H25N3O6. The highest BCUT2D eigenvalue weighted by molar-refractivity contribution is 6.39. The quantitative estimate of drug-likeness (QED) is 0.177. The molecule has 2 amide bonds. The summed E-state index contributed by atoms with van der Waals surface area (Å²) >= 11 is 0. The molecule has 0 aliphatic carbocycles. The van der Waals surface area contributed by atoms with Gasteiger partial charge in [-0.15, -0.1) is 0 Å². The van der Waals surface area contributed by atoms with Crippen LogP contribution in [-0.2, 0) is 9.59 Å². The van der Waals surface area contributed by atoms with Crippen LogP contribution < -0.4 is 25.0 Å².